The normalized spacial score (nSPS) is 15.8. The maximum atomic E-state index is 11.5. The van der Waals surface area contributed by atoms with E-state index in [1.54, 1.807) is 13.0 Å². The molecule has 0 unspecified atom stereocenters. The number of ketones is 1. The van der Waals surface area contributed by atoms with Gasteiger partial charge in [-0.2, -0.15) is 0 Å². The van der Waals surface area contributed by atoms with Gasteiger partial charge in [-0.25, -0.2) is 0 Å². The Labute approximate surface area is 121 Å². The van der Waals surface area contributed by atoms with Gasteiger partial charge in [0.05, 0.1) is 0 Å². The molecule has 0 radical (unpaired) electrons. The molecular formula is C16H25N3O. The van der Waals surface area contributed by atoms with E-state index in [1.807, 2.05) is 12.1 Å². The standard InChI is InChI=1S/C16H25N3O/c1-12(20)15-11-13(7-8-16(15)17)18-9-10-19(2)14-5-3-4-6-14/h7-8,11,14,18H,3-6,9-10,17H2,1-2H3. The summed E-state index contributed by atoms with van der Waals surface area (Å²) >= 11 is 0. The van der Waals surface area contributed by atoms with Crippen LogP contribution in [0, 0.1) is 0 Å². The van der Waals surface area contributed by atoms with Crippen LogP contribution in [0.5, 0.6) is 0 Å². The van der Waals surface area contributed by atoms with Gasteiger partial charge < -0.3 is 16.0 Å². The first kappa shape index (κ1) is 14.9. The number of nitrogen functional groups attached to an aromatic ring is 1. The van der Waals surface area contributed by atoms with Gasteiger partial charge in [-0.15, -0.1) is 0 Å². The molecule has 3 N–H and O–H groups in total. The lowest BCUT2D eigenvalue weighted by molar-refractivity contribution is 0.101. The second-order valence-electron chi connectivity index (χ2n) is 5.70. The number of hydrogen-bond donors (Lipinski definition) is 2. The van der Waals surface area contributed by atoms with Crippen molar-refractivity contribution >= 4 is 17.2 Å². The maximum Gasteiger partial charge on any atom is 0.161 e. The van der Waals surface area contributed by atoms with Crippen LogP contribution in [-0.2, 0) is 0 Å². The summed E-state index contributed by atoms with van der Waals surface area (Å²) in [6.45, 7) is 3.45. The van der Waals surface area contributed by atoms with Crippen molar-refractivity contribution in [2.45, 2.75) is 38.6 Å². The molecule has 4 heteroatoms. The van der Waals surface area contributed by atoms with Crippen molar-refractivity contribution in [2.24, 2.45) is 0 Å². The van der Waals surface area contributed by atoms with Gasteiger partial charge in [0.25, 0.3) is 0 Å². The number of benzene rings is 1. The van der Waals surface area contributed by atoms with E-state index in [1.165, 1.54) is 25.7 Å². The highest BCUT2D eigenvalue weighted by molar-refractivity contribution is 5.99. The number of carbonyl (C=O) groups excluding carboxylic acids is 1. The van der Waals surface area contributed by atoms with Crippen molar-refractivity contribution < 1.29 is 4.79 Å². The number of rotatable bonds is 6. The predicted octanol–water partition coefficient (Wildman–Crippen LogP) is 2.76. The van der Waals surface area contributed by atoms with Crippen LogP contribution in [-0.4, -0.2) is 36.9 Å². The van der Waals surface area contributed by atoms with Crippen LogP contribution in [0.25, 0.3) is 0 Å². The van der Waals surface area contributed by atoms with Crippen LogP contribution in [0.2, 0.25) is 0 Å². The van der Waals surface area contributed by atoms with E-state index >= 15 is 0 Å². The molecule has 1 fully saturated rings. The SMILES string of the molecule is CC(=O)c1cc(NCCN(C)C2CCCC2)ccc1N. The number of anilines is 2. The van der Waals surface area contributed by atoms with E-state index in [2.05, 4.69) is 17.3 Å². The van der Waals surface area contributed by atoms with Crippen molar-refractivity contribution in [3.63, 3.8) is 0 Å². The summed E-state index contributed by atoms with van der Waals surface area (Å²) in [5.41, 5.74) is 7.90. The second kappa shape index (κ2) is 6.75. The molecule has 0 aromatic heterocycles. The van der Waals surface area contributed by atoms with Gasteiger partial charge in [-0.1, -0.05) is 12.8 Å². The zero-order chi connectivity index (χ0) is 14.5. The summed E-state index contributed by atoms with van der Waals surface area (Å²) in [7, 11) is 2.20. The molecule has 1 aromatic rings. The highest BCUT2D eigenvalue weighted by Crippen LogP contribution is 2.22. The maximum absolute atomic E-state index is 11.5. The zero-order valence-corrected chi connectivity index (χ0v) is 12.5. The number of likely N-dealkylation sites (N-methyl/N-ethyl adjacent to an activating group) is 1. The van der Waals surface area contributed by atoms with Crippen molar-refractivity contribution in [3.05, 3.63) is 23.8 Å². The summed E-state index contributed by atoms with van der Waals surface area (Å²) in [5, 5.41) is 3.37. The van der Waals surface area contributed by atoms with Crippen LogP contribution in [0.3, 0.4) is 0 Å². The number of nitrogens with two attached hydrogens (primary N) is 1. The summed E-state index contributed by atoms with van der Waals surface area (Å²) < 4.78 is 0. The number of hydrogen-bond acceptors (Lipinski definition) is 4. The molecule has 20 heavy (non-hydrogen) atoms. The monoisotopic (exact) mass is 275 g/mol. The first-order valence-corrected chi connectivity index (χ1v) is 7.42. The molecule has 0 amide bonds. The molecule has 110 valence electrons. The Bertz CT molecular complexity index is 467. The Kier molecular flexibility index (Phi) is 5.01. The summed E-state index contributed by atoms with van der Waals surface area (Å²) in [6, 6.07) is 6.31. The minimum atomic E-state index is 0.00854. The molecule has 0 saturated heterocycles. The third-order valence-electron chi connectivity index (χ3n) is 4.17. The summed E-state index contributed by atoms with van der Waals surface area (Å²) in [5.74, 6) is 0.00854. The molecule has 2 rings (SSSR count). The molecule has 1 aromatic carbocycles. The zero-order valence-electron chi connectivity index (χ0n) is 12.5. The Balaban J connectivity index is 1.84. The highest BCUT2D eigenvalue weighted by Gasteiger charge is 2.18. The van der Waals surface area contributed by atoms with Crippen LogP contribution in [0.4, 0.5) is 11.4 Å². The average Bonchev–Trinajstić information content (AvgIpc) is 2.94. The minimum absolute atomic E-state index is 0.00854. The number of carbonyl (C=O) groups is 1. The van der Waals surface area contributed by atoms with Gasteiger partial charge in [0.15, 0.2) is 5.78 Å². The molecule has 0 atom stereocenters. The number of nitrogens with zero attached hydrogens (tertiary/aromatic N) is 1. The Hall–Kier alpha value is -1.55. The summed E-state index contributed by atoms with van der Waals surface area (Å²) in [4.78, 5) is 13.9. The largest absolute Gasteiger partial charge is 0.398 e. The van der Waals surface area contributed by atoms with E-state index in [4.69, 9.17) is 5.73 Å². The molecular weight excluding hydrogens is 250 g/mol. The topological polar surface area (TPSA) is 58.4 Å². The molecule has 0 heterocycles. The van der Waals surface area contributed by atoms with Crippen LogP contribution in [0.15, 0.2) is 18.2 Å². The van der Waals surface area contributed by atoms with Gasteiger partial charge in [-0.3, -0.25) is 4.79 Å². The molecule has 4 nitrogen and oxygen atoms in total. The smallest absolute Gasteiger partial charge is 0.161 e. The van der Waals surface area contributed by atoms with Crippen LogP contribution < -0.4 is 11.1 Å². The van der Waals surface area contributed by atoms with Crippen molar-refractivity contribution in [2.75, 3.05) is 31.2 Å². The van der Waals surface area contributed by atoms with Gasteiger partial charge in [-0.05, 0) is 45.0 Å². The number of Topliss-reactive ketones (excluding diaryl/α,β-unsaturated/α-hetero) is 1. The van der Waals surface area contributed by atoms with Gasteiger partial charge in [0, 0.05) is 36.1 Å². The van der Waals surface area contributed by atoms with Crippen LogP contribution in [0.1, 0.15) is 43.0 Å². The molecule has 1 aliphatic carbocycles. The van der Waals surface area contributed by atoms with E-state index in [-0.39, 0.29) is 5.78 Å². The van der Waals surface area contributed by atoms with E-state index in [9.17, 15) is 4.79 Å². The average molecular weight is 275 g/mol. The molecule has 0 bridgehead atoms. The fraction of sp³-hybridized carbons (Fsp3) is 0.562. The van der Waals surface area contributed by atoms with Crippen molar-refractivity contribution in [1.82, 2.24) is 4.90 Å². The van der Waals surface area contributed by atoms with E-state index in [0.717, 1.165) is 24.8 Å². The third-order valence-corrected chi connectivity index (χ3v) is 4.17. The predicted molar refractivity (Wildman–Crippen MR) is 84.2 cm³/mol. The second-order valence-corrected chi connectivity index (χ2v) is 5.70. The fourth-order valence-electron chi connectivity index (χ4n) is 2.88. The molecule has 0 aliphatic heterocycles. The van der Waals surface area contributed by atoms with Crippen LogP contribution >= 0.6 is 0 Å². The molecule has 1 saturated carbocycles. The quantitative estimate of drug-likeness (QED) is 0.619. The lowest BCUT2D eigenvalue weighted by Gasteiger charge is -2.24. The Morgan fingerprint density at radius 1 is 1.40 bits per heavy atom. The van der Waals surface area contributed by atoms with Gasteiger partial charge in [0.1, 0.15) is 0 Å². The van der Waals surface area contributed by atoms with Gasteiger partial charge >= 0.3 is 0 Å². The van der Waals surface area contributed by atoms with Crippen molar-refractivity contribution in [3.8, 4) is 0 Å². The fourth-order valence-corrected chi connectivity index (χ4v) is 2.88. The lowest BCUT2D eigenvalue weighted by atomic mass is 10.1. The molecule has 1 aliphatic rings. The number of nitrogens with one attached hydrogen (secondary N) is 1. The first-order valence-electron chi connectivity index (χ1n) is 7.42. The summed E-state index contributed by atoms with van der Waals surface area (Å²) in [6.07, 6.45) is 5.38. The minimum Gasteiger partial charge on any atom is -0.398 e. The van der Waals surface area contributed by atoms with Gasteiger partial charge in [0.2, 0.25) is 0 Å². The van der Waals surface area contributed by atoms with E-state index < -0.39 is 0 Å². The lowest BCUT2D eigenvalue weighted by Crippen LogP contribution is -2.33. The van der Waals surface area contributed by atoms with E-state index in [0.29, 0.717) is 11.3 Å². The van der Waals surface area contributed by atoms with Crippen molar-refractivity contribution in [1.29, 1.82) is 0 Å². The highest BCUT2D eigenvalue weighted by atomic mass is 16.1. The molecule has 0 spiro atoms. The third kappa shape index (κ3) is 3.73. The first-order chi connectivity index (χ1) is 9.58. The Morgan fingerprint density at radius 2 is 2.10 bits per heavy atom. The Morgan fingerprint density at radius 3 is 2.75 bits per heavy atom.